The number of aromatic nitrogens is 1. The number of amides is 1. The third-order valence-corrected chi connectivity index (χ3v) is 4.28. The molecule has 0 aliphatic rings. The van der Waals surface area contributed by atoms with Gasteiger partial charge in [-0.25, -0.2) is 0 Å². The van der Waals surface area contributed by atoms with Gasteiger partial charge >= 0.3 is 5.97 Å². The first-order valence-electron chi connectivity index (χ1n) is 7.75. The summed E-state index contributed by atoms with van der Waals surface area (Å²) in [6.07, 6.45) is 3.25. The average Bonchev–Trinajstić information content (AvgIpc) is 2.65. The van der Waals surface area contributed by atoms with Crippen molar-refractivity contribution >= 4 is 29.3 Å². The molecule has 0 bridgehead atoms. The monoisotopic (exact) mass is 375 g/mol. The summed E-state index contributed by atoms with van der Waals surface area (Å²) in [5.74, 6) is -0.926. The Morgan fingerprint density at radius 3 is 2.81 bits per heavy atom. The first kappa shape index (κ1) is 19.4. The van der Waals surface area contributed by atoms with Crippen molar-refractivity contribution in [2.24, 2.45) is 0 Å². The number of nitrogens with one attached hydrogen (secondary N) is 1. The molecule has 8 nitrogen and oxygen atoms in total. The predicted molar refractivity (Wildman–Crippen MR) is 95.9 cm³/mol. The molecule has 1 heterocycles. The Kier molecular flexibility index (Phi) is 7.10. The van der Waals surface area contributed by atoms with E-state index in [0.29, 0.717) is 4.90 Å². The Hall–Kier alpha value is -2.94. The van der Waals surface area contributed by atoms with E-state index in [0.717, 1.165) is 17.3 Å². The molecule has 0 saturated heterocycles. The van der Waals surface area contributed by atoms with Crippen LogP contribution in [0.3, 0.4) is 0 Å². The lowest BCUT2D eigenvalue weighted by atomic mass is 10.2. The number of hydrogen-bond donors (Lipinski definition) is 1. The van der Waals surface area contributed by atoms with Crippen LogP contribution in [0.1, 0.15) is 22.8 Å². The van der Waals surface area contributed by atoms with Crippen molar-refractivity contribution in [3.05, 3.63) is 64.0 Å². The Morgan fingerprint density at radius 1 is 1.35 bits per heavy atom. The van der Waals surface area contributed by atoms with Crippen LogP contribution in [0.5, 0.6) is 0 Å². The van der Waals surface area contributed by atoms with E-state index in [4.69, 9.17) is 4.74 Å². The third kappa shape index (κ3) is 5.55. The molecule has 0 saturated carbocycles. The summed E-state index contributed by atoms with van der Waals surface area (Å²) < 4.78 is 4.80. The second-order valence-corrected chi connectivity index (χ2v) is 6.09. The third-order valence-electron chi connectivity index (χ3n) is 3.24. The lowest BCUT2D eigenvalue weighted by Crippen LogP contribution is -2.22. The van der Waals surface area contributed by atoms with E-state index in [-0.39, 0.29) is 30.2 Å². The summed E-state index contributed by atoms with van der Waals surface area (Å²) in [5.41, 5.74) is 0.756. The number of carbonyl (C=O) groups excluding carboxylic acids is 2. The Morgan fingerprint density at radius 2 is 2.15 bits per heavy atom. The normalized spacial score (nSPS) is 10.2. The van der Waals surface area contributed by atoms with Crippen LogP contribution in [0.2, 0.25) is 0 Å². The maximum absolute atomic E-state index is 12.2. The van der Waals surface area contributed by atoms with Crippen molar-refractivity contribution in [2.75, 3.05) is 12.4 Å². The van der Waals surface area contributed by atoms with Gasteiger partial charge in [-0.15, -0.1) is 11.8 Å². The number of esters is 1. The first-order chi connectivity index (χ1) is 12.5. The van der Waals surface area contributed by atoms with Crippen LogP contribution in [0.25, 0.3) is 0 Å². The maximum atomic E-state index is 12.2. The highest BCUT2D eigenvalue weighted by atomic mass is 32.2. The number of nitro groups is 1. The van der Waals surface area contributed by atoms with Crippen LogP contribution >= 0.6 is 11.8 Å². The van der Waals surface area contributed by atoms with Crippen LogP contribution in [0.15, 0.2) is 47.6 Å². The Labute approximate surface area is 154 Å². The van der Waals surface area contributed by atoms with E-state index >= 15 is 0 Å². The lowest BCUT2D eigenvalue weighted by molar-refractivity contribution is -0.387. The molecule has 0 atom stereocenters. The maximum Gasteiger partial charge on any atom is 0.316 e. The number of ether oxygens (including phenoxy) is 1. The standard InChI is InChI=1S/C17H17N3O5S/c1-2-25-16(21)11-26-15-6-5-13(8-14(15)20(23)24)17(22)19-10-12-4-3-7-18-9-12/h3-9H,2,10-11H2,1H3,(H,19,22). The van der Waals surface area contributed by atoms with Crippen molar-refractivity contribution < 1.29 is 19.2 Å². The van der Waals surface area contributed by atoms with Gasteiger partial charge < -0.3 is 10.1 Å². The number of nitro benzene ring substituents is 1. The predicted octanol–water partition coefficient (Wildman–Crippen LogP) is 2.58. The molecule has 0 spiro atoms. The summed E-state index contributed by atoms with van der Waals surface area (Å²) in [5, 5.41) is 14.0. The topological polar surface area (TPSA) is 111 Å². The molecule has 0 unspecified atom stereocenters. The summed E-state index contributed by atoms with van der Waals surface area (Å²) in [4.78, 5) is 38.6. The second-order valence-electron chi connectivity index (χ2n) is 5.08. The molecule has 2 rings (SSSR count). The van der Waals surface area contributed by atoms with Gasteiger partial charge in [-0.3, -0.25) is 24.7 Å². The molecule has 0 fully saturated rings. The molecule has 9 heteroatoms. The number of rotatable bonds is 8. The smallest absolute Gasteiger partial charge is 0.316 e. The molecule has 1 aromatic carbocycles. The van der Waals surface area contributed by atoms with Gasteiger partial charge in [-0.05, 0) is 30.7 Å². The van der Waals surface area contributed by atoms with Crippen LogP contribution in [-0.2, 0) is 16.1 Å². The van der Waals surface area contributed by atoms with Gasteiger partial charge in [0.05, 0.1) is 22.2 Å². The summed E-state index contributed by atoms with van der Waals surface area (Å²) in [6, 6.07) is 7.71. The number of thioether (sulfide) groups is 1. The summed E-state index contributed by atoms with van der Waals surface area (Å²) in [6.45, 7) is 2.20. The molecule has 1 aromatic heterocycles. The fourth-order valence-corrected chi connectivity index (χ4v) is 2.85. The average molecular weight is 375 g/mol. The molecule has 0 radical (unpaired) electrons. The molecular weight excluding hydrogens is 358 g/mol. The Bertz CT molecular complexity index is 798. The van der Waals surface area contributed by atoms with Gasteiger partial charge in [-0.1, -0.05) is 6.07 Å². The number of hydrogen-bond acceptors (Lipinski definition) is 7. The van der Waals surface area contributed by atoms with Crippen LogP contribution in [0.4, 0.5) is 5.69 Å². The van der Waals surface area contributed by atoms with Crippen LogP contribution in [0, 0.1) is 10.1 Å². The van der Waals surface area contributed by atoms with Crippen molar-refractivity contribution in [3.8, 4) is 0 Å². The van der Waals surface area contributed by atoms with Gasteiger partial charge in [0.15, 0.2) is 0 Å². The van der Waals surface area contributed by atoms with Crippen molar-refractivity contribution in [1.29, 1.82) is 0 Å². The lowest BCUT2D eigenvalue weighted by Gasteiger charge is -2.07. The van der Waals surface area contributed by atoms with E-state index < -0.39 is 16.8 Å². The number of pyridine rings is 1. The zero-order chi connectivity index (χ0) is 18.9. The minimum absolute atomic E-state index is 0.0404. The quantitative estimate of drug-likeness (QED) is 0.327. The highest BCUT2D eigenvalue weighted by Crippen LogP contribution is 2.30. The zero-order valence-corrected chi connectivity index (χ0v) is 14.8. The van der Waals surface area contributed by atoms with Gasteiger partial charge in [0.25, 0.3) is 11.6 Å². The van der Waals surface area contributed by atoms with Gasteiger partial charge in [-0.2, -0.15) is 0 Å². The first-order valence-corrected chi connectivity index (χ1v) is 8.73. The fourth-order valence-electron chi connectivity index (χ4n) is 2.05. The van der Waals surface area contributed by atoms with Crippen molar-refractivity contribution in [2.45, 2.75) is 18.4 Å². The fraction of sp³-hybridized carbons (Fsp3) is 0.235. The molecule has 136 valence electrons. The van der Waals surface area contributed by atoms with Gasteiger partial charge in [0, 0.05) is 30.6 Å². The van der Waals surface area contributed by atoms with E-state index in [1.807, 2.05) is 6.07 Å². The van der Waals surface area contributed by atoms with Crippen LogP contribution in [-0.4, -0.2) is 34.1 Å². The molecule has 1 amide bonds. The molecule has 26 heavy (non-hydrogen) atoms. The molecule has 0 aliphatic heterocycles. The number of benzene rings is 1. The molecule has 1 N–H and O–H groups in total. The molecule has 2 aromatic rings. The van der Waals surface area contributed by atoms with Gasteiger partial charge in [0.1, 0.15) is 0 Å². The largest absolute Gasteiger partial charge is 0.465 e. The SMILES string of the molecule is CCOC(=O)CSc1ccc(C(=O)NCc2cccnc2)cc1[N+](=O)[O-]. The highest BCUT2D eigenvalue weighted by molar-refractivity contribution is 8.00. The van der Waals surface area contributed by atoms with E-state index in [1.165, 1.54) is 18.2 Å². The highest BCUT2D eigenvalue weighted by Gasteiger charge is 2.19. The minimum Gasteiger partial charge on any atom is -0.465 e. The van der Waals surface area contributed by atoms with Crippen molar-refractivity contribution in [3.63, 3.8) is 0 Å². The van der Waals surface area contributed by atoms with Crippen LogP contribution < -0.4 is 5.32 Å². The summed E-state index contributed by atoms with van der Waals surface area (Å²) >= 11 is 0.998. The second kappa shape index (κ2) is 9.52. The summed E-state index contributed by atoms with van der Waals surface area (Å²) in [7, 11) is 0. The number of nitrogens with zero attached hydrogens (tertiary/aromatic N) is 2. The van der Waals surface area contributed by atoms with Gasteiger partial charge in [0.2, 0.25) is 0 Å². The van der Waals surface area contributed by atoms with E-state index in [1.54, 1.807) is 25.4 Å². The van der Waals surface area contributed by atoms with E-state index in [2.05, 4.69) is 10.3 Å². The van der Waals surface area contributed by atoms with E-state index in [9.17, 15) is 19.7 Å². The molecular formula is C17H17N3O5S. The van der Waals surface area contributed by atoms with Crippen molar-refractivity contribution in [1.82, 2.24) is 10.3 Å². The molecule has 0 aliphatic carbocycles. The minimum atomic E-state index is -0.578. The zero-order valence-electron chi connectivity index (χ0n) is 14.0. The number of carbonyl (C=O) groups is 2. The Balaban J connectivity index is 2.07.